The van der Waals surface area contributed by atoms with E-state index in [0.29, 0.717) is 6.61 Å². The minimum absolute atomic E-state index is 0.209. The number of hydrogen-bond acceptors (Lipinski definition) is 4. The Hall–Kier alpha value is -0.485. The van der Waals surface area contributed by atoms with E-state index in [-0.39, 0.29) is 6.61 Å². The second kappa shape index (κ2) is 5.03. The largest absolute Gasteiger partial charge is 0.492 e. The summed E-state index contributed by atoms with van der Waals surface area (Å²) in [6.45, 7) is 0.700. The van der Waals surface area contributed by atoms with Gasteiger partial charge in [-0.1, -0.05) is 12.1 Å². The zero-order chi connectivity index (χ0) is 10.7. The maximum absolute atomic E-state index is 9.63. The molecule has 1 aliphatic rings. The number of benzene rings is 1. The molecule has 3 nitrogen and oxygen atoms in total. The molecule has 0 saturated heterocycles. The van der Waals surface area contributed by atoms with Crippen molar-refractivity contribution in [3.8, 4) is 0 Å². The van der Waals surface area contributed by atoms with E-state index in [1.54, 1.807) is 11.8 Å². The van der Waals surface area contributed by atoms with Crippen molar-refractivity contribution in [2.24, 2.45) is 0 Å². The van der Waals surface area contributed by atoms with Crippen LogP contribution >= 0.6 is 11.8 Å². The van der Waals surface area contributed by atoms with E-state index in [4.69, 9.17) is 9.76 Å². The van der Waals surface area contributed by atoms with Crippen LogP contribution < -0.4 is 5.46 Å². The van der Waals surface area contributed by atoms with Gasteiger partial charge in [-0.05, 0) is 18.1 Å². The normalized spacial score (nSPS) is 14.4. The molecule has 0 unspecified atom stereocenters. The van der Waals surface area contributed by atoms with Crippen molar-refractivity contribution in [2.75, 3.05) is 12.4 Å². The van der Waals surface area contributed by atoms with E-state index in [9.17, 15) is 5.02 Å². The minimum Gasteiger partial charge on any atom is -0.423 e. The van der Waals surface area contributed by atoms with Gasteiger partial charge < -0.3 is 14.8 Å². The molecule has 0 aromatic heterocycles. The van der Waals surface area contributed by atoms with Crippen LogP contribution in [0.1, 0.15) is 12.0 Å². The molecule has 1 aromatic carbocycles. The third-order valence-electron chi connectivity index (χ3n) is 2.36. The van der Waals surface area contributed by atoms with Crippen LogP contribution in [0, 0.1) is 0 Å². The van der Waals surface area contributed by atoms with E-state index >= 15 is 0 Å². The van der Waals surface area contributed by atoms with Gasteiger partial charge in [0.05, 0.1) is 6.61 Å². The third-order valence-corrected chi connectivity index (χ3v) is 3.52. The maximum Gasteiger partial charge on any atom is 0.492 e. The van der Waals surface area contributed by atoms with Gasteiger partial charge in [0.1, 0.15) is 0 Å². The molecule has 0 saturated carbocycles. The highest BCUT2D eigenvalue weighted by atomic mass is 32.2. The van der Waals surface area contributed by atoms with Crippen LogP contribution in [-0.2, 0) is 11.3 Å². The van der Waals surface area contributed by atoms with Crippen LogP contribution in [0.15, 0.2) is 23.1 Å². The Morgan fingerprint density at radius 1 is 1.47 bits per heavy atom. The standard InChI is InChI=1S/C10H13BO3S/c12-5-2-6-15-9-4-1-3-8-7-14-11(13)10(8)9/h1,3-4,12-13H,2,5-7H2. The highest BCUT2D eigenvalue weighted by Crippen LogP contribution is 2.22. The van der Waals surface area contributed by atoms with Crippen molar-refractivity contribution in [1.82, 2.24) is 0 Å². The van der Waals surface area contributed by atoms with Crippen molar-refractivity contribution in [3.63, 3.8) is 0 Å². The molecule has 0 radical (unpaired) electrons. The number of thioether (sulfide) groups is 1. The lowest BCUT2D eigenvalue weighted by Gasteiger charge is -2.06. The smallest absolute Gasteiger partial charge is 0.423 e. The Labute approximate surface area is 93.6 Å². The average Bonchev–Trinajstić information content (AvgIpc) is 2.62. The zero-order valence-corrected chi connectivity index (χ0v) is 9.17. The molecule has 1 aromatic rings. The van der Waals surface area contributed by atoms with Crippen molar-refractivity contribution in [2.45, 2.75) is 17.9 Å². The summed E-state index contributed by atoms with van der Waals surface area (Å²) < 4.78 is 5.16. The Morgan fingerprint density at radius 2 is 2.33 bits per heavy atom. The van der Waals surface area contributed by atoms with Gasteiger partial charge in [-0.25, -0.2) is 0 Å². The van der Waals surface area contributed by atoms with Crippen molar-refractivity contribution < 1.29 is 14.8 Å². The van der Waals surface area contributed by atoms with Crippen LogP contribution in [0.3, 0.4) is 0 Å². The molecule has 0 aliphatic carbocycles. The van der Waals surface area contributed by atoms with Crippen molar-refractivity contribution in [1.29, 1.82) is 0 Å². The Morgan fingerprint density at radius 3 is 3.13 bits per heavy atom. The minimum atomic E-state index is -0.780. The second-order valence-corrected chi connectivity index (χ2v) is 4.55. The lowest BCUT2D eigenvalue weighted by atomic mass is 9.79. The van der Waals surface area contributed by atoms with Gasteiger partial charge in [0.15, 0.2) is 0 Å². The quantitative estimate of drug-likeness (QED) is 0.441. The van der Waals surface area contributed by atoms with Crippen LogP contribution in [0.25, 0.3) is 0 Å². The SMILES string of the molecule is OCCCSc1cccc2c1B(O)OC2. The highest BCUT2D eigenvalue weighted by Gasteiger charge is 2.29. The molecule has 1 heterocycles. The fourth-order valence-corrected chi connectivity index (χ4v) is 2.68. The summed E-state index contributed by atoms with van der Waals surface area (Å²) in [5, 5.41) is 18.3. The summed E-state index contributed by atoms with van der Waals surface area (Å²) in [5.41, 5.74) is 1.97. The number of hydrogen-bond donors (Lipinski definition) is 2. The summed E-state index contributed by atoms with van der Waals surface area (Å²) in [5.74, 6) is 0.861. The molecule has 0 spiro atoms. The molecule has 1 aliphatic heterocycles. The molecular formula is C10H13BO3S. The molecular weight excluding hydrogens is 211 g/mol. The van der Waals surface area contributed by atoms with Crippen LogP contribution in [0.4, 0.5) is 0 Å². The van der Waals surface area contributed by atoms with Gasteiger partial charge in [-0.3, -0.25) is 0 Å². The van der Waals surface area contributed by atoms with E-state index in [0.717, 1.165) is 28.1 Å². The summed E-state index contributed by atoms with van der Waals surface area (Å²) in [4.78, 5) is 1.06. The number of aliphatic hydroxyl groups excluding tert-OH is 1. The lowest BCUT2D eigenvalue weighted by Crippen LogP contribution is -2.29. The van der Waals surface area contributed by atoms with E-state index < -0.39 is 7.12 Å². The van der Waals surface area contributed by atoms with Gasteiger partial charge in [-0.2, -0.15) is 0 Å². The lowest BCUT2D eigenvalue weighted by molar-refractivity contribution is 0.275. The van der Waals surface area contributed by atoms with E-state index in [2.05, 4.69) is 0 Å². The fourth-order valence-electron chi connectivity index (χ4n) is 1.62. The fraction of sp³-hybridized carbons (Fsp3) is 0.400. The van der Waals surface area contributed by atoms with Crippen LogP contribution in [-0.4, -0.2) is 29.6 Å². The number of fused-ring (bicyclic) bond motifs is 1. The second-order valence-electron chi connectivity index (χ2n) is 3.42. The average molecular weight is 224 g/mol. The van der Waals surface area contributed by atoms with Gasteiger partial charge in [0, 0.05) is 22.7 Å². The topological polar surface area (TPSA) is 49.7 Å². The first-order valence-electron chi connectivity index (χ1n) is 4.98. The predicted molar refractivity (Wildman–Crippen MR) is 61.3 cm³/mol. The summed E-state index contributed by atoms with van der Waals surface area (Å²) in [6.07, 6.45) is 0.769. The third kappa shape index (κ3) is 2.37. The van der Waals surface area contributed by atoms with Crippen LogP contribution in [0.5, 0.6) is 0 Å². The van der Waals surface area contributed by atoms with Gasteiger partial charge in [-0.15, -0.1) is 11.8 Å². The molecule has 15 heavy (non-hydrogen) atoms. The molecule has 0 fully saturated rings. The zero-order valence-electron chi connectivity index (χ0n) is 8.35. The molecule has 0 atom stereocenters. The monoisotopic (exact) mass is 224 g/mol. The first kappa shape index (κ1) is 11.0. The Balaban J connectivity index is 2.14. The summed E-state index contributed by atoms with van der Waals surface area (Å²) in [6, 6.07) is 5.93. The first-order chi connectivity index (χ1) is 7.33. The van der Waals surface area contributed by atoms with Gasteiger partial charge in [0.25, 0.3) is 0 Å². The summed E-state index contributed by atoms with van der Waals surface area (Å²) >= 11 is 1.65. The molecule has 0 amide bonds. The number of aliphatic hydroxyl groups is 1. The van der Waals surface area contributed by atoms with Gasteiger partial charge in [0.2, 0.25) is 0 Å². The van der Waals surface area contributed by atoms with E-state index in [1.165, 1.54) is 0 Å². The molecule has 80 valence electrons. The Kier molecular flexibility index (Phi) is 3.69. The molecule has 5 heteroatoms. The number of rotatable bonds is 4. The molecule has 2 rings (SSSR count). The summed E-state index contributed by atoms with van der Waals surface area (Å²) in [7, 11) is -0.780. The maximum atomic E-state index is 9.63. The van der Waals surface area contributed by atoms with Crippen molar-refractivity contribution >= 4 is 24.3 Å². The van der Waals surface area contributed by atoms with E-state index in [1.807, 2.05) is 18.2 Å². The van der Waals surface area contributed by atoms with Gasteiger partial charge >= 0.3 is 7.12 Å². The first-order valence-corrected chi connectivity index (χ1v) is 5.96. The van der Waals surface area contributed by atoms with Crippen LogP contribution in [0.2, 0.25) is 0 Å². The predicted octanol–water partition coefficient (Wildman–Crippen LogP) is 0.379. The Bertz CT molecular complexity index is 345. The molecule has 2 N–H and O–H groups in total. The molecule has 0 bridgehead atoms. The highest BCUT2D eigenvalue weighted by molar-refractivity contribution is 7.99. The van der Waals surface area contributed by atoms with Crippen molar-refractivity contribution in [3.05, 3.63) is 23.8 Å².